The van der Waals surface area contributed by atoms with Crippen molar-refractivity contribution in [2.45, 2.75) is 51.2 Å². The topological polar surface area (TPSA) is 146 Å². The van der Waals surface area contributed by atoms with Gasteiger partial charge in [0.05, 0.1) is 13.2 Å². The molecule has 0 bridgehead atoms. The number of rotatable bonds is 8. The fraction of sp³-hybridized carbons (Fsp3) is 0.435. The Labute approximate surface area is 185 Å². The Balaban J connectivity index is 1.72. The molecule has 174 valence electrons. The summed E-state index contributed by atoms with van der Waals surface area (Å²) < 4.78 is 16.4. The van der Waals surface area contributed by atoms with E-state index in [1.807, 2.05) is 50.2 Å². The number of benzene rings is 2. The third-order valence-corrected chi connectivity index (χ3v) is 5.32. The standard InChI is InChI=1S/C23H28O9/c1-12-6-16(7-13(2)22(12)30-11-18(25)26)15-5-3-4-14(8-15)10-31-23-21(29)20(28)19(27)17(9-24)32-23/h3-8,17,19-21,23-24,27-29H,9-11H2,1-2H3,(H,25,26)/t17-,19-,20-,21+,23+/m1/s1. The maximum atomic E-state index is 10.8. The summed E-state index contributed by atoms with van der Waals surface area (Å²) in [7, 11) is 0. The second-order valence-corrected chi connectivity index (χ2v) is 7.83. The lowest BCUT2D eigenvalue weighted by Crippen LogP contribution is -2.59. The van der Waals surface area contributed by atoms with E-state index in [1.54, 1.807) is 0 Å². The first kappa shape index (κ1) is 24.1. The highest BCUT2D eigenvalue weighted by Gasteiger charge is 2.43. The van der Waals surface area contributed by atoms with Crippen molar-refractivity contribution in [1.82, 2.24) is 0 Å². The first-order chi connectivity index (χ1) is 15.2. The largest absolute Gasteiger partial charge is 0.481 e. The van der Waals surface area contributed by atoms with Gasteiger partial charge in [-0.25, -0.2) is 4.79 Å². The van der Waals surface area contributed by atoms with E-state index in [2.05, 4.69) is 0 Å². The molecule has 0 unspecified atom stereocenters. The van der Waals surface area contributed by atoms with Gasteiger partial charge in [-0.3, -0.25) is 0 Å². The fourth-order valence-electron chi connectivity index (χ4n) is 3.70. The van der Waals surface area contributed by atoms with Crippen LogP contribution in [0.25, 0.3) is 11.1 Å². The normalized spacial score (nSPS) is 25.5. The van der Waals surface area contributed by atoms with Crippen molar-refractivity contribution in [3.63, 3.8) is 0 Å². The summed E-state index contributed by atoms with van der Waals surface area (Å²) in [6, 6.07) is 11.3. The molecule has 1 fully saturated rings. The van der Waals surface area contributed by atoms with E-state index in [1.165, 1.54) is 0 Å². The smallest absolute Gasteiger partial charge is 0.341 e. The summed E-state index contributed by atoms with van der Waals surface area (Å²) in [4.78, 5) is 10.8. The van der Waals surface area contributed by atoms with Crippen LogP contribution >= 0.6 is 0 Å². The second kappa shape index (κ2) is 10.4. The van der Waals surface area contributed by atoms with Crippen LogP contribution in [0.2, 0.25) is 0 Å². The minimum absolute atomic E-state index is 0.0638. The lowest BCUT2D eigenvalue weighted by molar-refractivity contribution is -0.304. The zero-order valence-corrected chi connectivity index (χ0v) is 17.8. The van der Waals surface area contributed by atoms with Crippen molar-refractivity contribution in [3.05, 3.63) is 53.1 Å². The number of carboxylic acids is 1. The van der Waals surface area contributed by atoms with E-state index in [0.717, 1.165) is 27.8 Å². The number of aliphatic carboxylic acids is 1. The van der Waals surface area contributed by atoms with Crippen molar-refractivity contribution in [1.29, 1.82) is 0 Å². The second-order valence-electron chi connectivity index (χ2n) is 7.83. The highest BCUT2D eigenvalue weighted by molar-refractivity contribution is 5.70. The number of hydrogen-bond acceptors (Lipinski definition) is 8. The van der Waals surface area contributed by atoms with Crippen LogP contribution < -0.4 is 4.74 Å². The van der Waals surface area contributed by atoms with Gasteiger partial charge >= 0.3 is 5.97 Å². The number of carbonyl (C=O) groups is 1. The van der Waals surface area contributed by atoms with E-state index in [-0.39, 0.29) is 6.61 Å². The molecule has 9 heteroatoms. The van der Waals surface area contributed by atoms with Crippen LogP contribution in [0.15, 0.2) is 36.4 Å². The highest BCUT2D eigenvalue weighted by Crippen LogP contribution is 2.31. The van der Waals surface area contributed by atoms with Crippen molar-refractivity contribution in [2.75, 3.05) is 13.2 Å². The van der Waals surface area contributed by atoms with Crippen LogP contribution in [0.1, 0.15) is 16.7 Å². The minimum atomic E-state index is -1.50. The van der Waals surface area contributed by atoms with Crippen LogP contribution in [0.4, 0.5) is 0 Å². The van der Waals surface area contributed by atoms with E-state index in [4.69, 9.17) is 19.3 Å². The van der Waals surface area contributed by atoms with Crippen molar-refractivity contribution in [3.8, 4) is 16.9 Å². The van der Waals surface area contributed by atoms with Gasteiger partial charge in [-0.2, -0.15) is 0 Å². The first-order valence-corrected chi connectivity index (χ1v) is 10.2. The molecule has 0 aromatic heterocycles. The molecule has 1 aliphatic rings. The molecule has 1 heterocycles. The maximum absolute atomic E-state index is 10.8. The van der Waals surface area contributed by atoms with Crippen molar-refractivity contribution < 1.29 is 44.5 Å². The molecule has 1 saturated heterocycles. The van der Waals surface area contributed by atoms with Gasteiger partial charge in [-0.15, -0.1) is 0 Å². The van der Waals surface area contributed by atoms with Crippen LogP contribution in [0.5, 0.6) is 5.75 Å². The van der Waals surface area contributed by atoms with Gasteiger partial charge in [-0.1, -0.05) is 18.2 Å². The van der Waals surface area contributed by atoms with Gasteiger partial charge in [0.2, 0.25) is 0 Å². The molecule has 0 radical (unpaired) electrons. The van der Waals surface area contributed by atoms with E-state index in [9.17, 15) is 25.2 Å². The summed E-state index contributed by atoms with van der Waals surface area (Å²) in [5.41, 5.74) is 4.21. The lowest BCUT2D eigenvalue weighted by Gasteiger charge is -2.39. The molecule has 0 spiro atoms. The molecule has 0 saturated carbocycles. The zero-order valence-electron chi connectivity index (χ0n) is 17.8. The predicted octanol–water partition coefficient (Wildman–Crippen LogP) is 0.750. The Morgan fingerprint density at radius 2 is 1.69 bits per heavy atom. The summed E-state index contributed by atoms with van der Waals surface area (Å²) in [6.07, 6.45) is -6.63. The Kier molecular flexibility index (Phi) is 7.83. The third kappa shape index (κ3) is 5.44. The number of aryl methyl sites for hydroxylation is 2. The van der Waals surface area contributed by atoms with E-state index < -0.39 is 49.9 Å². The number of aliphatic hydroxyl groups is 4. The molecule has 2 aromatic carbocycles. The predicted molar refractivity (Wildman–Crippen MR) is 113 cm³/mol. The molecule has 0 amide bonds. The van der Waals surface area contributed by atoms with Crippen molar-refractivity contribution in [2.24, 2.45) is 0 Å². The average Bonchev–Trinajstić information content (AvgIpc) is 2.76. The molecular weight excluding hydrogens is 420 g/mol. The summed E-state index contributed by atoms with van der Waals surface area (Å²) in [5, 5.41) is 48.0. The van der Waals surface area contributed by atoms with Crippen LogP contribution in [0, 0.1) is 13.8 Å². The number of carboxylic acid groups (broad SMARTS) is 1. The van der Waals surface area contributed by atoms with Gasteiger partial charge in [0.15, 0.2) is 12.9 Å². The minimum Gasteiger partial charge on any atom is -0.481 e. The van der Waals surface area contributed by atoms with Gasteiger partial charge < -0.3 is 39.7 Å². The molecule has 1 aliphatic heterocycles. The molecule has 5 N–H and O–H groups in total. The zero-order chi connectivity index (χ0) is 23.4. The van der Waals surface area contributed by atoms with E-state index in [0.29, 0.717) is 5.75 Å². The molecule has 2 aromatic rings. The van der Waals surface area contributed by atoms with Gasteiger partial charge in [-0.05, 0) is 59.9 Å². The number of ether oxygens (including phenoxy) is 3. The van der Waals surface area contributed by atoms with Crippen LogP contribution in [-0.4, -0.2) is 75.4 Å². The van der Waals surface area contributed by atoms with Gasteiger partial charge in [0, 0.05) is 0 Å². The monoisotopic (exact) mass is 448 g/mol. The Morgan fingerprint density at radius 3 is 2.31 bits per heavy atom. The third-order valence-electron chi connectivity index (χ3n) is 5.32. The highest BCUT2D eigenvalue weighted by atomic mass is 16.7. The molecule has 5 atom stereocenters. The quantitative estimate of drug-likeness (QED) is 0.395. The van der Waals surface area contributed by atoms with Crippen LogP contribution in [-0.2, 0) is 20.9 Å². The lowest BCUT2D eigenvalue weighted by atomic mass is 9.98. The molecular formula is C23H28O9. The average molecular weight is 448 g/mol. The summed E-state index contributed by atoms with van der Waals surface area (Å²) in [6.45, 7) is 2.82. The Hall–Kier alpha value is -2.53. The Morgan fingerprint density at radius 1 is 1.00 bits per heavy atom. The van der Waals surface area contributed by atoms with Crippen LogP contribution in [0.3, 0.4) is 0 Å². The van der Waals surface area contributed by atoms with Gasteiger partial charge in [0.25, 0.3) is 0 Å². The van der Waals surface area contributed by atoms with E-state index >= 15 is 0 Å². The van der Waals surface area contributed by atoms with Crippen molar-refractivity contribution >= 4 is 5.97 Å². The maximum Gasteiger partial charge on any atom is 0.341 e. The number of aliphatic hydroxyl groups excluding tert-OH is 4. The summed E-state index contributed by atoms with van der Waals surface area (Å²) in [5.74, 6) is -0.502. The molecule has 0 aliphatic carbocycles. The van der Waals surface area contributed by atoms with Gasteiger partial charge in [0.1, 0.15) is 30.2 Å². The fourth-order valence-corrected chi connectivity index (χ4v) is 3.70. The Bertz CT molecular complexity index is 920. The molecule has 3 rings (SSSR count). The SMILES string of the molecule is Cc1cc(-c2cccc(CO[C@H]3O[C@H](CO)[C@@H](O)[C@@H](O)[C@@H]3O)c2)cc(C)c1OCC(=O)O. The molecule has 32 heavy (non-hydrogen) atoms. The first-order valence-electron chi connectivity index (χ1n) is 10.2. The number of hydrogen-bond donors (Lipinski definition) is 5. The summed E-state index contributed by atoms with van der Waals surface area (Å²) >= 11 is 0. The molecule has 9 nitrogen and oxygen atoms in total.